The van der Waals surface area contributed by atoms with Crippen LogP contribution in [0.15, 0.2) is 0 Å². The number of urea groups is 1. The molecule has 1 unspecified atom stereocenters. The molecule has 1 fully saturated rings. The smallest absolute Gasteiger partial charge is 0.326 e. The number of carbonyl (C=O) groups is 3. The van der Waals surface area contributed by atoms with Gasteiger partial charge >= 0.3 is 12.0 Å². The molecule has 1 rings (SSSR count). The van der Waals surface area contributed by atoms with Gasteiger partial charge in [0.2, 0.25) is 5.91 Å². The lowest BCUT2D eigenvalue weighted by molar-refractivity contribution is -0.140. The molecular weight excluding hydrogens is 240 g/mol. The van der Waals surface area contributed by atoms with Crippen molar-refractivity contribution in [3.63, 3.8) is 0 Å². The minimum absolute atomic E-state index is 0.00183. The molecule has 1 aliphatic heterocycles. The van der Waals surface area contributed by atoms with E-state index >= 15 is 0 Å². The summed E-state index contributed by atoms with van der Waals surface area (Å²) >= 11 is 0. The van der Waals surface area contributed by atoms with E-state index in [1.165, 1.54) is 0 Å². The number of likely N-dealkylation sites (tertiary alicyclic amines) is 1. The van der Waals surface area contributed by atoms with Gasteiger partial charge in [0.1, 0.15) is 6.04 Å². The lowest BCUT2D eigenvalue weighted by Gasteiger charge is -2.17. The Morgan fingerprint density at radius 3 is 2.61 bits per heavy atom. The molecule has 0 saturated carbocycles. The Bertz CT molecular complexity index is 347. The van der Waals surface area contributed by atoms with Gasteiger partial charge in [-0.05, 0) is 20.0 Å². The van der Waals surface area contributed by atoms with Gasteiger partial charge in [0.25, 0.3) is 0 Å². The molecule has 1 heterocycles. The molecule has 1 saturated heterocycles. The SMILES string of the molecule is CN1CCC(NC(=O)N[C@H](CC(N)=O)C(=O)O)C1. The first-order chi connectivity index (χ1) is 8.38. The van der Waals surface area contributed by atoms with Crippen LogP contribution in [0.25, 0.3) is 0 Å². The summed E-state index contributed by atoms with van der Waals surface area (Å²) in [5.41, 5.74) is 4.91. The fourth-order valence-electron chi connectivity index (χ4n) is 1.84. The Hall–Kier alpha value is -1.83. The molecule has 102 valence electrons. The second-order valence-corrected chi connectivity index (χ2v) is 4.43. The van der Waals surface area contributed by atoms with Crippen molar-refractivity contribution in [3.05, 3.63) is 0 Å². The summed E-state index contributed by atoms with van der Waals surface area (Å²) < 4.78 is 0. The molecule has 0 radical (unpaired) electrons. The molecule has 3 amide bonds. The minimum Gasteiger partial charge on any atom is -0.480 e. The van der Waals surface area contributed by atoms with Crippen LogP contribution in [0.4, 0.5) is 4.79 Å². The summed E-state index contributed by atoms with van der Waals surface area (Å²) in [5, 5.41) is 13.7. The third-order valence-corrected chi connectivity index (χ3v) is 2.74. The number of nitrogens with one attached hydrogen (secondary N) is 2. The first-order valence-corrected chi connectivity index (χ1v) is 5.65. The highest BCUT2D eigenvalue weighted by atomic mass is 16.4. The quantitative estimate of drug-likeness (QED) is 0.468. The molecule has 0 aliphatic carbocycles. The van der Waals surface area contributed by atoms with Gasteiger partial charge in [0, 0.05) is 12.6 Å². The number of carboxylic acids is 1. The number of amides is 3. The number of aliphatic carboxylic acids is 1. The number of carbonyl (C=O) groups excluding carboxylic acids is 2. The van der Waals surface area contributed by atoms with Crippen molar-refractivity contribution >= 4 is 17.9 Å². The summed E-state index contributed by atoms with van der Waals surface area (Å²) in [4.78, 5) is 35.1. The van der Waals surface area contributed by atoms with Gasteiger partial charge in [-0.3, -0.25) is 4.79 Å². The highest BCUT2D eigenvalue weighted by molar-refractivity contribution is 5.87. The van der Waals surface area contributed by atoms with Gasteiger partial charge in [0.15, 0.2) is 0 Å². The molecule has 0 aromatic carbocycles. The van der Waals surface area contributed by atoms with E-state index in [-0.39, 0.29) is 6.04 Å². The average Bonchev–Trinajstić information content (AvgIpc) is 2.62. The van der Waals surface area contributed by atoms with E-state index in [1.54, 1.807) is 0 Å². The minimum atomic E-state index is -1.29. The summed E-state index contributed by atoms with van der Waals surface area (Å²) in [6.45, 7) is 1.61. The highest BCUT2D eigenvalue weighted by Crippen LogP contribution is 2.05. The van der Waals surface area contributed by atoms with E-state index in [0.717, 1.165) is 19.5 Å². The van der Waals surface area contributed by atoms with Crippen molar-refractivity contribution in [2.75, 3.05) is 20.1 Å². The molecule has 0 spiro atoms. The Kier molecular flexibility index (Phi) is 4.90. The number of carboxylic acid groups (broad SMARTS) is 1. The summed E-state index contributed by atoms with van der Waals surface area (Å²) in [5.74, 6) is -2.06. The average molecular weight is 258 g/mol. The topological polar surface area (TPSA) is 125 Å². The molecule has 1 aliphatic rings. The van der Waals surface area contributed by atoms with Crippen LogP contribution in [0.2, 0.25) is 0 Å². The zero-order valence-electron chi connectivity index (χ0n) is 10.2. The van der Waals surface area contributed by atoms with Crippen LogP contribution in [0.5, 0.6) is 0 Å². The van der Waals surface area contributed by atoms with Crippen LogP contribution >= 0.6 is 0 Å². The summed E-state index contributed by atoms with van der Waals surface area (Å²) in [7, 11) is 1.94. The van der Waals surface area contributed by atoms with Gasteiger partial charge in [-0.2, -0.15) is 0 Å². The predicted octanol–water partition coefficient (Wildman–Crippen LogP) is -1.68. The number of nitrogens with zero attached hydrogens (tertiary/aromatic N) is 1. The largest absolute Gasteiger partial charge is 0.480 e. The van der Waals surface area contributed by atoms with Crippen LogP contribution in [-0.2, 0) is 9.59 Å². The fourth-order valence-corrected chi connectivity index (χ4v) is 1.84. The van der Waals surface area contributed by atoms with Crippen molar-refractivity contribution in [1.29, 1.82) is 0 Å². The van der Waals surface area contributed by atoms with Crippen LogP contribution in [0, 0.1) is 0 Å². The van der Waals surface area contributed by atoms with Crippen LogP contribution < -0.4 is 16.4 Å². The number of likely N-dealkylation sites (N-methyl/N-ethyl adjacent to an activating group) is 1. The van der Waals surface area contributed by atoms with E-state index in [9.17, 15) is 14.4 Å². The Morgan fingerprint density at radius 2 is 2.17 bits per heavy atom. The molecule has 0 aromatic rings. The number of hydrogen-bond donors (Lipinski definition) is 4. The van der Waals surface area contributed by atoms with Gasteiger partial charge in [-0.25, -0.2) is 9.59 Å². The van der Waals surface area contributed by atoms with Crippen molar-refractivity contribution in [2.45, 2.75) is 24.9 Å². The van der Waals surface area contributed by atoms with Crippen LogP contribution in [0.1, 0.15) is 12.8 Å². The van der Waals surface area contributed by atoms with Crippen LogP contribution in [-0.4, -0.2) is 60.1 Å². The van der Waals surface area contributed by atoms with Gasteiger partial charge < -0.3 is 26.4 Å². The lowest BCUT2D eigenvalue weighted by atomic mass is 10.2. The zero-order chi connectivity index (χ0) is 13.7. The first kappa shape index (κ1) is 14.2. The van der Waals surface area contributed by atoms with Gasteiger partial charge in [-0.1, -0.05) is 0 Å². The molecule has 0 bridgehead atoms. The zero-order valence-corrected chi connectivity index (χ0v) is 10.2. The van der Waals surface area contributed by atoms with Crippen molar-refractivity contribution in [1.82, 2.24) is 15.5 Å². The van der Waals surface area contributed by atoms with Gasteiger partial charge in [-0.15, -0.1) is 0 Å². The van der Waals surface area contributed by atoms with E-state index in [1.807, 2.05) is 7.05 Å². The van der Waals surface area contributed by atoms with E-state index in [4.69, 9.17) is 10.8 Å². The summed E-state index contributed by atoms with van der Waals surface area (Å²) in [6, 6.07) is -1.89. The van der Waals surface area contributed by atoms with Gasteiger partial charge in [0.05, 0.1) is 6.42 Å². The molecular formula is C10H18N4O4. The van der Waals surface area contributed by atoms with Crippen molar-refractivity contribution in [3.8, 4) is 0 Å². The lowest BCUT2D eigenvalue weighted by Crippen LogP contribution is -2.50. The maximum atomic E-state index is 11.5. The summed E-state index contributed by atoms with van der Waals surface area (Å²) in [6.07, 6.45) is 0.394. The Morgan fingerprint density at radius 1 is 1.50 bits per heavy atom. The monoisotopic (exact) mass is 258 g/mol. The maximum absolute atomic E-state index is 11.5. The fraction of sp³-hybridized carbons (Fsp3) is 0.700. The highest BCUT2D eigenvalue weighted by Gasteiger charge is 2.25. The van der Waals surface area contributed by atoms with E-state index in [0.29, 0.717) is 0 Å². The molecule has 18 heavy (non-hydrogen) atoms. The number of nitrogens with two attached hydrogens (primary N) is 1. The first-order valence-electron chi connectivity index (χ1n) is 5.65. The van der Waals surface area contributed by atoms with Crippen molar-refractivity contribution in [2.24, 2.45) is 5.73 Å². The molecule has 8 nitrogen and oxygen atoms in total. The van der Waals surface area contributed by atoms with Crippen LogP contribution in [0.3, 0.4) is 0 Å². The predicted molar refractivity (Wildman–Crippen MR) is 62.8 cm³/mol. The third-order valence-electron chi connectivity index (χ3n) is 2.74. The van der Waals surface area contributed by atoms with Crippen molar-refractivity contribution < 1.29 is 19.5 Å². The molecule has 0 aromatic heterocycles. The number of rotatable bonds is 5. The molecule has 5 N–H and O–H groups in total. The maximum Gasteiger partial charge on any atom is 0.326 e. The Balaban J connectivity index is 2.41. The Labute approximate surface area is 104 Å². The second-order valence-electron chi connectivity index (χ2n) is 4.43. The standard InChI is InChI=1S/C10H18N4O4/c1-14-3-2-6(5-14)12-10(18)13-7(9(16)17)4-8(11)15/h6-7H,2-5H2,1H3,(H2,11,15)(H,16,17)(H2,12,13,18)/t6?,7-/m1/s1. The number of hydrogen-bond acceptors (Lipinski definition) is 4. The van der Waals surface area contributed by atoms with E-state index in [2.05, 4.69) is 15.5 Å². The molecule has 8 heteroatoms. The third kappa shape index (κ3) is 4.58. The van der Waals surface area contributed by atoms with E-state index < -0.39 is 30.4 Å². The normalized spacial score (nSPS) is 21.3. The number of primary amides is 1. The molecule has 2 atom stereocenters. The second kappa shape index (κ2) is 6.20.